The van der Waals surface area contributed by atoms with Crippen LogP contribution < -0.4 is 0 Å². The molecule has 2 nitrogen and oxygen atoms in total. The van der Waals surface area contributed by atoms with Gasteiger partial charge in [-0.25, -0.2) is 4.39 Å². The van der Waals surface area contributed by atoms with Gasteiger partial charge in [-0.2, -0.15) is 5.10 Å². The largest absolute Gasteiger partial charge is 0.282 e. The molecular formula is C10H9FN2. The normalized spacial score (nSPS) is 10.3. The van der Waals surface area contributed by atoms with Crippen LogP contribution in [0, 0.1) is 12.7 Å². The maximum absolute atomic E-state index is 13.3. The number of aryl methyl sites for hydroxylation is 1. The molecule has 0 unspecified atom stereocenters. The Hall–Kier alpha value is -1.64. The van der Waals surface area contributed by atoms with E-state index in [0.717, 1.165) is 11.3 Å². The Morgan fingerprint density at radius 1 is 1.23 bits per heavy atom. The Morgan fingerprint density at radius 3 is 2.62 bits per heavy atom. The van der Waals surface area contributed by atoms with Crippen molar-refractivity contribution < 1.29 is 4.39 Å². The molecule has 0 aliphatic heterocycles. The fourth-order valence-electron chi connectivity index (χ4n) is 1.30. The number of nitrogens with one attached hydrogen (secondary N) is 1. The van der Waals surface area contributed by atoms with Gasteiger partial charge in [0.15, 0.2) is 0 Å². The first-order valence-corrected chi connectivity index (χ1v) is 4.04. The first-order valence-electron chi connectivity index (χ1n) is 4.04. The molecule has 66 valence electrons. The lowest BCUT2D eigenvalue weighted by molar-refractivity contribution is 0.631. The number of rotatable bonds is 1. The fraction of sp³-hybridized carbons (Fsp3) is 0.100. The van der Waals surface area contributed by atoms with Gasteiger partial charge in [0.25, 0.3) is 0 Å². The van der Waals surface area contributed by atoms with Crippen molar-refractivity contribution in [1.82, 2.24) is 10.2 Å². The van der Waals surface area contributed by atoms with E-state index in [1.807, 2.05) is 13.0 Å². The zero-order valence-corrected chi connectivity index (χ0v) is 7.21. The molecule has 0 atom stereocenters. The fourth-order valence-corrected chi connectivity index (χ4v) is 1.30. The molecule has 2 rings (SSSR count). The summed E-state index contributed by atoms with van der Waals surface area (Å²) in [5.41, 5.74) is 2.29. The van der Waals surface area contributed by atoms with E-state index in [1.165, 1.54) is 6.07 Å². The Kier molecular flexibility index (Phi) is 1.85. The Labute approximate surface area is 75.4 Å². The predicted octanol–water partition coefficient (Wildman–Crippen LogP) is 2.52. The summed E-state index contributed by atoms with van der Waals surface area (Å²) in [6, 6.07) is 6.67. The van der Waals surface area contributed by atoms with E-state index < -0.39 is 0 Å². The van der Waals surface area contributed by atoms with Gasteiger partial charge in [0.2, 0.25) is 0 Å². The van der Waals surface area contributed by atoms with Crippen LogP contribution in [0.5, 0.6) is 0 Å². The summed E-state index contributed by atoms with van der Waals surface area (Å²) in [5, 5.41) is 6.63. The highest BCUT2D eigenvalue weighted by Crippen LogP contribution is 2.23. The molecule has 0 aliphatic carbocycles. The zero-order chi connectivity index (χ0) is 9.26. The summed E-state index contributed by atoms with van der Waals surface area (Å²) in [6.45, 7) is 1.87. The molecule has 0 amide bonds. The minimum Gasteiger partial charge on any atom is -0.282 e. The summed E-state index contributed by atoms with van der Waals surface area (Å²) < 4.78 is 13.3. The third kappa shape index (κ3) is 1.33. The van der Waals surface area contributed by atoms with E-state index in [1.54, 1.807) is 18.3 Å². The van der Waals surface area contributed by atoms with Crippen molar-refractivity contribution in [3.8, 4) is 11.1 Å². The average Bonchev–Trinajstić information content (AvgIpc) is 2.52. The second-order valence-electron chi connectivity index (χ2n) is 2.89. The van der Waals surface area contributed by atoms with E-state index in [2.05, 4.69) is 10.2 Å². The molecule has 0 radical (unpaired) electrons. The lowest BCUT2D eigenvalue weighted by atomic mass is 10.1. The molecule has 0 aliphatic rings. The van der Waals surface area contributed by atoms with Crippen molar-refractivity contribution in [2.45, 2.75) is 6.92 Å². The van der Waals surface area contributed by atoms with Crippen LogP contribution in [0.4, 0.5) is 4.39 Å². The minimum absolute atomic E-state index is 0.216. The van der Waals surface area contributed by atoms with Crippen molar-refractivity contribution in [2.75, 3.05) is 0 Å². The van der Waals surface area contributed by atoms with E-state index in [4.69, 9.17) is 0 Å². The van der Waals surface area contributed by atoms with E-state index in [9.17, 15) is 4.39 Å². The number of hydrogen-bond donors (Lipinski definition) is 1. The highest BCUT2D eigenvalue weighted by atomic mass is 19.1. The van der Waals surface area contributed by atoms with Gasteiger partial charge in [-0.05, 0) is 13.0 Å². The minimum atomic E-state index is -0.216. The number of hydrogen-bond acceptors (Lipinski definition) is 1. The van der Waals surface area contributed by atoms with Gasteiger partial charge in [0.1, 0.15) is 5.82 Å². The molecule has 1 aromatic carbocycles. The maximum atomic E-state index is 13.3. The van der Waals surface area contributed by atoms with E-state index in [-0.39, 0.29) is 5.82 Å². The van der Waals surface area contributed by atoms with Gasteiger partial charge in [-0.15, -0.1) is 0 Å². The number of nitrogens with zero attached hydrogens (tertiary/aromatic N) is 1. The summed E-state index contributed by atoms with van der Waals surface area (Å²) in [7, 11) is 0. The van der Waals surface area contributed by atoms with Crippen LogP contribution in [0.2, 0.25) is 0 Å². The molecule has 1 N–H and O–H groups in total. The van der Waals surface area contributed by atoms with Gasteiger partial charge in [-0.3, -0.25) is 5.10 Å². The molecular weight excluding hydrogens is 167 g/mol. The van der Waals surface area contributed by atoms with Crippen LogP contribution in [0.15, 0.2) is 30.5 Å². The first kappa shape index (κ1) is 7.98. The van der Waals surface area contributed by atoms with Gasteiger partial charge in [0.05, 0.1) is 6.20 Å². The molecule has 13 heavy (non-hydrogen) atoms. The topological polar surface area (TPSA) is 28.7 Å². The number of aromatic nitrogens is 2. The van der Waals surface area contributed by atoms with Crippen LogP contribution >= 0.6 is 0 Å². The van der Waals surface area contributed by atoms with Crippen LogP contribution in [-0.2, 0) is 0 Å². The third-order valence-electron chi connectivity index (χ3n) is 1.99. The monoisotopic (exact) mass is 176 g/mol. The molecule has 0 spiro atoms. The Balaban J connectivity index is 2.59. The van der Waals surface area contributed by atoms with E-state index in [0.29, 0.717) is 5.56 Å². The summed E-state index contributed by atoms with van der Waals surface area (Å²) in [4.78, 5) is 0. The van der Waals surface area contributed by atoms with Crippen molar-refractivity contribution in [3.63, 3.8) is 0 Å². The number of H-pyrrole nitrogens is 1. The average molecular weight is 176 g/mol. The first-order chi connectivity index (χ1) is 6.29. The van der Waals surface area contributed by atoms with Crippen molar-refractivity contribution >= 4 is 0 Å². The van der Waals surface area contributed by atoms with Crippen molar-refractivity contribution in [2.24, 2.45) is 0 Å². The standard InChI is InChI=1S/C10H9FN2/c1-7-9(6-12-13-7)8-4-2-3-5-10(8)11/h2-6H,1H3,(H,12,13). The predicted molar refractivity (Wildman–Crippen MR) is 48.7 cm³/mol. The van der Waals surface area contributed by atoms with Crippen molar-refractivity contribution in [3.05, 3.63) is 42.0 Å². The molecule has 0 saturated heterocycles. The quantitative estimate of drug-likeness (QED) is 0.710. The smallest absolute Gasteiger partial charge is 0.131 e. The highest BCUT2D eigenvalue weighted by Gasteiger charge is 2.07. The summed E-state index contributed by atoms with van der Waals surface area (Å²) >= 11 is 0. The third-order valence-corrected chi connectivity index (χ3v) is 1.99. The molecule has 1 aromatic heterocycles. The Morgan fingerprint density at radius 2 is 2.00 bits per heavy atom. The number of benzene rings is 1. The summed E-state index contributed by atoms with van der Waals surface area (Å²) in [5.74, 6) is -0.216. The van der Waals surface area contributed by atoms with Crippen LogP contribution in [0.3, 0.4) is 0 Å². The maximum Gasteiger partial charge on any atom is 0.131 e. The van der Waals surface area contributed by atoms with Gasteiger partial charge in [-0.1, -0.05) is 18.2 Å². The van der Waals surface area contributed by atoms with Gasteiger partial charge >= 0.3 is 0 Å². The zero-order valence-electron chi connectivity index (χ0n) is 7.21. The van der Waals surface area contributed by atoms with Crippen molar-refractivity contribution in [1.29, 1.82) is 0 Å². The van der Waals surface area contributed by atoms with E-state index >= 15 is 0 Å². The van der Waals surface area contributed by atoms with Crippen LogP contribution in [0.1, 0.15) is 5.69 Å². The van der Waals surface area contributed by atoms with Gasteiger partial charge in [0, 0.05) is 16.8 Å². The summed E-state index contributed by atoms with van der Waals surface area (Å²) in [6.07, 6.45) is 1.63. The molecule has 2 aromatic rings. The second kappa shape index (κ2) is 3.01. The second-order valence-corrected chi connectivity index (χ2v) is 2.89. The molecule has 0 saturated carbocycles. The molecule has 0 fully saturated rings. The number of aromatic amines is 1. The Bertz CT molecular complexity index is 420. The highest BCUT2D eigenvalue weighted by molar-refractivity contribution is 5.65. The lowest BCUT2D eigenvalue weighted by Crippen LogP contribution is -1.83. The van der Waals surface area contributed by atoms with Crippen LogP contribution in [0.25, 0.3) is 11.1 Å². The SMILES string of the molecule is Cc1[nH]ncc1-c1ccccc1F. The number of halogens is 1. The molecule has 1 heterocycles. The molecule has 0 bridgehead atoms. The molecule has 3 heteroatoms. The van der Waals surface area contributed by atoms with Gasteiger partial charge < -0.3 is 0 Å². The lowest BCUT2D eigenvalue weighted by Gasteiger charge is -1.99. The van der Waals surface area contributed by atoms with Crippen LogP contribution in [-0.4, -0.2) is 10.2 Å².